The zero-order chi connectivity index (χ0) is 21.3. The van der Waals surface area contributed by atoms with Gasteiger partial charge in [-0.3, -0.25) is 0 Å². The highest BCUT2D eigenvalue weighted by Crippen LogP contribution is 2.55. The fourth-order valence-corrected chi connectivity index (χ4v) is 6.79. The SMILES string of the molecule is C=C(c1ccc(CC(C)C)c(C)c1)N1CCC2(CC1)CC(CCC)CC(C1CC1)C2. The van der Waals surface area contributed by atoms with Gasteiger partial charge >= 0.3 is 0 Å². The maximum atomic E-state index is 4.54. The summed E-state index contributed by atoms with van der Waals surface area (Å²) in [6.45, 7) is 16.2. The quantitative estimate of drug-likeness (QED) is 0.444. The molecule has 0 aromatic heterocycles. The molecule has 2 atom stereocenters. The lowest BCUT2D eigenvalue weighted by atomic mass is 9.59. The third kappa shape index (κ3) is 4.97. The molecule has 2 aliphatic carbocycles. The van der Waals surface area contributed by atoms with Crippen molar-refractivity contribution < 1.29 is 0 Å². The summed E-state index contributed by atoms with van der Waals surface area (Å²) in [5.74, 6) is 3.84. The molecule has 3 fully saturated rings. The van der Waals surface area contributed by atoms with E-state index in [1.807, 2.05) is 0 Å². The smallest absolute Gasteiger partial charge is 0.0366 e. The first kappa shape index (κ1) is 22.0. The second-order valence-electron chi connectivity index (χ2n) is 11.6. The van der Waals surface area contributed by atoms with Crippen LogP contribution >= 0.6 is 0 Å². The van der Waals surface area contributed by atoms with E-state index in [4.69, 9.17) is 0 Å². The van der Waals surface area contributed by atoms with Gasteiger partial charge < -0.3 is 4.90 Å². The van der Waals surface area contributed by atoms with Crippen LogP contribution in [0.4, 0.5) is 0 Å². The topological polar surface area (TPSA) is 3.24 Å². The van der Waals surface area contributed by atoms with Crippen molar-refractivity contribution in [1.82, 2.24) is 4.90 Å². The van der Waals surface area contributed by atoms with Crippen LogP contribution in [0.1, 0.15) is 95.2 Å². The number of rotatable bonds is 7. The number of hydrogen-bond donors (Lipinski definition) is 0. The van der Waals surface area contributed by atoms with E-state index in [-0.39, 0.29) is 0 Å². The summed E-state index contributed by atoms with van der Waals surface area (Å²) in [6, 6.07) is 7.04. The molecule has 1 heterocycles. The van der Waals surface area contributed by atoms with Gasteiger partial charge in [0.25, 0.3) is 0 Å². The van der Waals surface area contributed by atoms with Crippen molar-refractivity contribution >= 4 is 5.70 Å². The van der Waals surface area contributed by atoms with Crippen LogP contribution in [-0.4, -0.2) is 18.0 Å². The largest absolute Gasteiger partial charge is 0.371 e. The molecule has 4 rings (SSSR count). The van der Waals surface area contributed by atoms with E-state index < -0.39 is 0 Å². The van der Waals surface area contributed by atoms with Gasteiger partial charge in [0, 0.05) is 18.8 Å². The Balaban J connectivity index is 1.39. The zero-order valence-corrected chi connectivity index (χ0v) is 20.2. The molecule has 2 saturated carbocycles. The third-order valence-electron chi connectivity index (χ3n) is 8.55. The van der Waals surface area contributed by atoms with Crippen LogP contribution < -0.4 is 0 Å². The monoisotopic (exact) mass is 407 g/mol. The molecule has 1 aliphatic heterocycles. The normalized spacial score (nSPS) is 26.4. The van der Waals surface area contributed by atoms with Crippen molar-refractivity contribution in [2.75, 3.05) is 13.1 Å². The van der Waals surface area contributed by atoms with Crippen molar-refractivity contribution in [1.29, 1.82) is 0 Å². The van der Waals surface area contributed by atoms with Crippen LogP contribution in [-0.2, 0) is 6.42 Å². The first-order valence-electron chi connectivity index (χ1n) is 12.9. The second-order valence-corrected chi connectivity index (χ2v) is 11.6. The minimum Gasteiger partial charge on any atom is -0.371 e. The lowest BCUT2D eigenvalue weighted by Crippen LogP contribution is -2.43. The fraction of sp³-hybridized carbons (Fsp3) is 0.724. The number of likely N-dealkylation sites (tertiary alicyclic amines) is 1. The van der Waals surface area contributed by atoms with Gasteiger partial charge in [-0.15, -0.1) is 0 Å². The van der Waals surface area contributed by atoms with Gasteiger partial charge in [-0.1, -0.05) is 52.3 Å². The Kier molecular flexibility index (Phi) is 6.66. The molecule has 1 nitrogen and oxygen atoms in total. The number of nitrogens with zero attached hydrogens (tertiary/aromatic N) is 1. The number of aryl methyl sites for hydroxylation is 1. The number of piperidine rings is 1. The summed E-state index contributed by atoms with van der Waals surface area (Å²) in [7, 11) is 0. The van der Waals surface area contributed by atoms with E-state index in [0.717, 1.165) is 17.8 Å². The van der Waals surface area contributed by atoms with Crippen molar-refractivity contribution in [2.45, 2.75) is 91.9 Å². The van der Waals surface area contributed by atoms with Gasteiger partial charge in [0.05, 0.1) is 0 Å². The summed E-state index contributed by atoms with van der Waals surface area (Å²) < 4.78 is 0. The molecule has 1 saturated heterocycles. The van der Waals surface area contributed by atoms with Gasteiger partial charge in [-0.25, -0.2) is 0 Å². The molecule has 166 valence electrons. The van der Waals surface area contributed by atoms with E-state index >= 15 is 0 Å². The van der Waals surface area contributed by atoms with Gasteiger partial charge in [-0.05, 0) is 110 Å². The van der Waals surface area contributed by atoms with Gasteiger partial charge in [0.15, 0.2) is 0 Å². The molecule has 1 spiro atoms. The summed E-state index contributed by atoms with van der Waals surface area (Å²) in [6.07, 6.45) is 14.4. The summed E-state index contributed by atoms with van der Waals surface area (Å²) in [5, 5.41) is 0. The highest BCUT2D eigenvalue weighted by Gasteiger charge is 2.46. The first-order valence-corrected chi connectivity index (χ1v) is 12.9. The van der Waals surface area contributed by atoms with Gasteiger partial charge in [0.2, 0.25) is 0 Å². The molecular formula is C29H45N. The van der Waals surface area contributed by atoms with E-state index in [0.29, 0.717) is 11.3 Å². The summed E-state index contributed by atoms with van der Waals surface area (Å²) in [4.78, 5) is 2.59. The van der Waals surface area contributed by atoms with Crippen LogP contribution in [0.3, 0.4) is 0 Å². The van der Waals surface area contributed by atoms with E-state index in [1.165, 1.54) is 93.3 Å². The maximum Gasteiger partial charge on any atom is 0.0366 e. The average Bonchev–Trinajstić information content (AvgIpc) is 3.55. The summed E-state index contributed by atoms with van der Waals surface area (Å²) in [5.41, 5.74) is 6.15. The van der Waals surface area contributed by atoms with Crippen LogP contribution in [0.2, 0.25) is 0 Å². The van der Waals surface area contributed by atoms with Crippen molar-refractivity contribution in [2.24, 2.45) is 29.1 Å². The first-order chi connectivity index (χ1) is 14.4. The summed E-state index contributed by atoms with van der Waals surface area (Å²) >= 11 is 0. The Labute approximate surface area is 186 Å². The molecule has 1 aromatic carbocycles. The zero-order valence-electron chi connectivity index (χ0n) is 20.2. The molecule has 1 heteroatoms. The molecule has 1 aromatic rings. The highest BCUT2D eigenvalue weighted by molar-refractivity contribution is 5.63. The lowest BCUT2D eigenvalue weighted by Gasteiger charge is -2.50. The molecule has 0 amide bonds. The Morgan fingerprint density at radius 1 is 1.13 bits per heavy atom. The van der Waals surface area contributed by atoms with Gasteiger partial charge in [0.1, 0.15) is 0 Å². The van der Waals surface area contributed by atoms with Crippen LogP contribution in [0.25, 0.3) is 5.70 Å². The van der Waals surface area contributed by atoms with Crippen molar-refractivity contribution in [3.8, 4) is 0 Å². The molecule has 2 unspecified atom stereocenters. The van der Waals surface area contributed by atoms with Crippen molar-refractivity contribution in [3.63, 3.8) is 0 Å². The van der Waals surface area contributed by atoms with E-state index in [1.54, 1.807) is 6.42 Å². The standard InChI is InChI=1S/C29H45N/c1-6-7-24-18-28(25-8-9-25)20-29(19-24)12-14-30(15-13-29)23(5)27-11-10-26(16-21(2)3)22(4)17-27/h10-11,17,21,24-25,28H,5-9,12-16,18-20H2,1-4H3. The maximum absolute atomic E-state index is 4.54. The van der Waals surface area contributed by atoms with Crippen LogP contribution in [0, 0.1) is 36.0 Å². The predicted octanol–water partition coefficient (Wildman–Crippen LogP) is 7.87. The Hall–Kier alpha value is -1.24. The average molecular weight is 408 g/mol. The molecule has 3 aliphatic rings. The van der Waals surface area contributed by atoms with Crippen molar-refractivity contribution in [3.05, 3.63) is 41.5 Å². The molecule has 0 bridgehead atoms. The lowest BCUT2D eigenvalue weighted by molar-refractivity contribution is 0.0255. The minimum atomic E-state index is 0.638. The Morgan fingerprint density at radius 3 is 2.47 bits per heavy atom. The fourth-order valence-electron chi connectivity index (χ4n) is 6.79. The second kappa shape index (κ2) is 9.09. The Bertz CT molecular complexity index is 733. The minimum absolute atomic E-state index is 0.638. The number of hydrogen-bond acceptors (Lipinski definition) is 1. The van der Waals surface area contributed by atoms with Gasteiger partial charge in [-0.2, -0.15) is 0 Å². The molecule has 30 heavy (non-hydrogen) atoms. The predicted molar refractivity (Wildman–Crippen MR) is 130 cm³/mol. The van der Waals surface area contributed by atoms with Crippen LogP contribution in [0.5, 0.6) is 0 Å². The third-order valence-corrected chi connectivity index (χ3v) is 8.55. The Morgan fingerprint density at radius 2 is 1.87 bits per heavy atom. The van der Waals surface area contributed by atoms with Crippen LogP contribution in [0.15, 0.2) is 24.8 Å². The molecular weight excluding hydrogens is 362 g/mol. The molecule has 0 N–H and O–H groups in total. The van der Waals surface area contributed by atoms with E-state index in [2.05, 4.69) is 57.4 Å². The van der Waals surface area contributed by atoms with E-state index in [9.17, 15) is 0 Å². The molecule has 0 radical (unpaired) electrons. The number of benzene rings is 1. The highest BCUT2D eigenvalue weighted by atomic mass is 15.1.